The van der Waals surface area contributed by atoms with Gasteiger partial charge in [-0.25, -0.2) is 8.42 Å². The Morgan fingerprint density at radius 3 is 2.33 bits per heavy atom. The number of carbonyl (C=O) groups excluding carboxylic acids is 1. The summed E-state index contributed by atoms with van der Waals surface area (Å²) in [4.78, 5) is 24.1. The normalized spacial score (nSPS) is 16.8. The number of nitrogens with zero attached hydrogens (tertiary/aromatic N) is 3. The van der Waals surface area contributed by atoms with Crippen LogP contribution in [0.4, 0.5) is 13.2 Å². The molecule has 2 atom stereocenters. The van der Waals surface area contributed by atoms with Crippen molar-refractivity contribution in [3.8, 4) is 0 Å². The van der Waals surface area contributed by atoms with Gasteiger partial charge >= 0.3 is 6.18 Å². The van der Waals surface area contributed by atoms with Crippen molar-refractivity contribution in [3.05, 3.63) is 88.5 Å². The molecule has 3 heterocycles. The molecule has 1 N–H and O–H groups in total. The van der Waals surface area contributed by atoms with Crippen LogP contribution in [-0.4, -0.2) is 34.9 Å². The number of carbonyl (C=O) groups is 1. The van der Waals surface area contributed by atoms with Crippen molar-refractivity contribution in [2.75, 3.05) is 5.75 Å². The first-order chi connectivity index (χ1) is 18.3. The van der Waals surface area contributed by atoms with E-state index in [1.165, 1.54) is 30.6 Å². The number of hydrogen-bond donors (Lipinski definition) is 1. The zero-order valence-electron chi connectivity index (χ0n) is 22.2. The molecule has 1 unspecified atom stereocenters. The second-order valence-electron chi connectivity index (χ2n) is 10.1. The minimum atomic E-state index is -4.38. The first-order valence-electron chi connectivity index (χ1n) is 12.7. The van der Waals surface area contributed by atoms with Crippen molar-refractivity contribution in [1.29, 1.82) is 0 Å². The van der Waals surface area contributed by atoms with Crippen molar-refractivity contribution < 1.29 is 26.4 Å². The first-order valence-corrected chi connectivity index (χ1v) is 14.3. The van der Waals surface area contributed by atoms with Gasteiger partial charge in [0.05, 0.1) is 45.2 Å². The van der Waals surface area contributed by atoms with Crippen molar-refractivity contribution in [3.63, 3.8) is 0 Å². The number of pyridine rings is 2. The molecule has 1 aliphatic heterocycles. The van der Waals surface area contributed by atoms with Crippen LogP contribution >= 0.6 is 0 Å². The zero-order valence-corrected chi connectivity index (χ0v) is 23.0. The molecule has 208 valence electrons. The predicted octanol–water partition coefficient (Wildman–Crippen LogP) is 5.49. The number of hydrogen-bond acceptors (Lipinski definition) is 6. The highest BCUT2D eigenvalue weighted by Gasteiger charge is 2.35. The molecule has 0 radical (unpaired) electrons. The van der Waals surface area contributed by atoms with E-state index < -0.39 is 27.6 Å². The average molecular weight is 561 g/mol. The van der Waals surface area contributed by atoms with Crippen molar-refractivity contribution in [2.24, 2.45) is 5.92 Å². The third-order valence-electron chi connectivity index (χ3n) is 6.90. The predicted molar refractivity (Wildman–Crippen MR) is 140 cm³/mol. The average Bonchev–Trinajstić information content (AvgIpc) is 3.25. The summed E-state index contributed by atoms with van der Waals surface area (Å²) < 4.78 is 62.9. The minimum Gasteiger partial charge on any atom is -0.344 e. The summed E-state index contributed by atoms with van der Waals surface area (Å²) in [6.45, 7) is 8.41. The van der Waals surface area contributed by atoms with Gasteiger partial charge in [-0.3, -0.25) is 19.7 Å². The standard InChI is InChI=1S/C28H31F3N4O3S/c1-5-39(37,38)23-10-11-24(32-14-23)18(4)34-27(36)20-12-21-16-35(26(17(2)3)25(21)33-13-20)15-19-6-8-22(9-7-19)28(29,30)31/h6-14,17-18,26H,5,15-16H2,1-4H3,(H,34,36)/t18-,26?/m1/s1. The lowest BCUT2D eigenvalue weighted by Crippen LogP contribution is -2.27. The van der Waals surface area contributed by atoms with Gasteiger partial charge in [-0.15, -0.1) is 0 Å². The lowest BCUT2D eigenvalue weighted by molar-refractivity contribution is -0.137. The molecule has 0 fully saturated rings. The molecule has 1 aliphatic rings. The molecular weight excluding hydrogens is 529 g/mol. The molecule has 3 aromatic rings. The second kappa shape index (κ2) is 11.1. The van der Waals surface area contributed by atoms with Gasteiger partial charge in [0.15, 0.2) is 9.84 Å². The number of nitrogens with one attached hydrogen (secondary N) is 1. The smallest absolute Gasteiger partial charge is 0.344 e. The molecule has 2 aromatic heterocycles. The highest BCUT2D eigenvalue weighted by Crippen LogP contribution is 2.39. The molecule has 0 saturated carbocycles. The fourth-order valence-electron chi connectivity index (χ4n) is 4.81. The number of sulfone groups is 1. The monoisotopic (exact) mass is 560 g/mol. The maximum Gasteiger partial charge on any atom is 0.416 e. The van der Waals surface area contributed by atoms with Gasteiger partial charge in [0.25, 0.3) is 5.91 Å². The van der Waals surface area contributed by atoms with E-state index in [9.17, 15) is 26.4 Å². The van der Waals surface area contributed by atoms with E-state index in [4.69, 9.17) is 0 Å². The topological polar surface area (TPSA) is 92.3 Å². The zero-order chi connectivity index (χ0) is 28.5. The van der Waals surface area contributed by atoms with Crippen LogP contribution in [0.5, 0.6) is 0 Å². The molecule has 0 spiro atoms. The van der Waals surface area contributed by atoms with E-state index in [0.717, 1.165) is 29.0 Å². The molecule has 0 saturated heterocycles. The van der Waals surface area contributed by atoms with Crippen LogP contribution in [0.3, 0.4) is 0 Å². The molecule has 4 rings (SSSR count). The van der Waals surface area contributed by atoms with Crippen LogP contribution in [0.1, 0.15) is 78.2 Å². The van der Waals surface area contributed by atoms with E-state index in [0.29, 0.717) is 24.3 Å². The third kappa shape index (κ3) is 6.30. The summed E-state index contributed by atoms with van der Waals surface area (Å²) in [6, 6.07) is 9.54. The van der Waals surface area contributed by atoms with Gasteiger partial charge < -0.3 is 5.32 Å². The third-order valence-corrected chi connectivity index (χ3v) is 8.62. The van der Waals surface area contributed by atoms with Crippen LogP contribution < -0.4 is 5.32 Å². The first kappa shape index (κ1) is 28.7. The number of halogens is 3. The fraction of sp³-hybridized carbons (Fsp3) is 0.393. The Kier molecular flexibility index (Phi) is 8.13. The van der Waals surface area contributed by atoms with Crippen LogP contribution in [0.2, 0.25) is 0 Å². The van der Waals surface area contributed by atoms with Crippen LogP contribution in [0.15, 0.2) is 59.8 Å². The Morgan fingerprint density at radius 1 is 1.08 bits per heavy atom. The van der Waals surface area contributed by atoms with Gasteiger partial charge in [0, 0.05) is 25.5 Å². The molecule has 1 aromatic carbocycles. The summed E-state index contributed by atoms with van der Waals surface area (Å²) in [5, 5.41) is 2.88. The van der Waals surface area contributed by atoms with Crippen LogP contribution in [0.25, 0.3) is 0 Å². The molecule has 1 amide bonds. The SMILES string of the molecule is CCS(=O)(=O)c1ccc([C@@H](C)NC(=O)c2cnc3c(c2)CN(Cc2ccc(C(F)(F)F)cc2)C3C(C)C)nc1. The molecule has 11 heteroatoms. The Labute approximate surface area is 226 Å². The van der Waals surface area contributed by atoms with Gasteiger partial charge in [0.2, 0.25) is 0 Å². The van der Waals surface area contributed by atoms with Crippen LogP contribution in [-0.2, 0) is 29.1 Å². The van der Waals surface area contributed by atoms with Crippen LogP contribution in [0, 0.1) is 5.92 Å². The Hall–Kier alpha value is -3.31. The maximum atomic E-state index is 13.0. The fourth-order valence-corrected chi connectivity index (χ4v) is 5.63. The molecule has 0 bridgehead atoms. The Balaban J connectivity index is 1.47. The van der Waals surface area contributed by atoms with Gasteiger partial charge in [-0.05, 0) is 54.3 Å². The maximum absolute atomic E-state index is 13.0. The van der Waals surface area contributed by atoms with E-state index in [2.05, 4.69) is 34.0 Å². The molecule has 7 nitrogen and oxygen atoms in total. The number of benzene rings is 1. The van der Waals surface area contributed by atoms with Gasteiger partial charge in [-0.2, -0.15) is 13.2 Å². The summed E-state index contributed by atoms with van der Waals surface area (Å²) in [5.74, 6) is -0.170. The van der Waals surface area contributed by atoms with Crippen molar-refractivity contribution in [1.82, 2.24) is 20.2 Å². The lowest BCUT2D eigenvalue weighted by Gasteiger charge is -2.27. The number of aromatic nitrogens is 2. The lowest BCUT2D eigenvalue weighted by atomic mass is 9.99. The molecule has 39 heavy (non-hydrogen) atoms. The van der Waals surface area contributed by atoms with Crippen molar-refractivity contribution in [2.45, 2.75) is 63.9 Å². The number of fused-ring (bicyclic) bond motifs is 1. The summed E-state index contributed by atoms with van der Waals surface area (Å²) in [6.07, 6.45) is -1.55. The van der Waals surface area contributed by atoms with Gasteiger partial charge in [-0.1, -0.05) is 32.9 Å². The van der Waals surface area contributed by atoms with E-state index >= 15 is 0 Å². The molecular formula is C28H31F3N4O3S. The van der Waals surface area contributed by atoms with Crippen molar-refractivity contribution >= 4 is 15.7 Å². The minimum absolute atomic E-state index is 0.0227. The summed E-state index contributed by atoms with van der Waals surface area (Å²) in [7, 11) is -3.36. The summed E-state index contributed by atoms with van der Waals surface area (Å²) in [5.41, 5.74) is 2.74. The summed E-state index contributed by atoms with van der Waals surface area (Å²) >= 11 is 0. The quantitative estimate of drug-likeness (QED) is 0.392. The van der Waals surface area contributed by atoms with E-state index in [-0.39, 0.29) is 28.5 Å². The van der Waals surface area contributed by atoms with Gasteiger partial charge in [0.1, 0.15) is 0 Å². The Bertz CT molecular complexity index is 1440. The number of alkyl halides is 3. The Morgan fingerprint density at radius 2 is 1.77 bits per heavy atom. The number of rotatable bonds is 8. The van der Waals surface area contributed by atoms with E-state index in [1.807, 2.05) is 0 Å². The highest BCUT2D eigenvalue weighted by atomic mass is 32.2. The van der Waals surface area contributed by atoms with E-state index in [1.54, 1.807) is 26.0 Å². The largest absolute Gasteiger partial charge is 0.416 e. The number of amides is 1. The second-order valence-corrected chi connectivity index (χ2v) is 12.4. The highest BCUT2D eigenvalue weighted by molar-refractivity contribution is 7.91. The molecule has 0 aliphatic carbocycles.